The average Bonchev–Trinajstić information content (AvgIpc) is 2.47. The van der Waals surface area contributed by atoms with E-state index in [9.17, 15) is 9.18 Å². The molecule has 4 nitrogen and oxygen atoms in total. The third-order valence-corrected chi connectivity index (χ3v) is 3.89. The minimum absolute atomic E-state index is 0. The second kappa shape index (κ2) is 9.18. The van der Waals surface area contributed by atoms with Gasteiger partial charge in [-0.25, -0.2) is 4.39 Å². The van der Waals surface area contributed by atoms with E-state index < -0.39 is 17.5 Å². The normalized spacial score (nSPS) is 12.3. The first-order chi connectivity index (χ1) is 9.81. The Morgan fingerprint density at radius 3 is 2.55 bits per heavy atom. The van der Waals surface area contributed by atoms with Gasteiger partial charge in [0.05, 0.1) is 5.02 Å². The van der Waals surface area contributed by atoms with E-state index in [1.165, 1.54) is 12.1 Å². The minimum atomic E-state index is -0.745. The van der Waals surface area contributed by atoms with Gasteiger partial charge in [0.15, 0.2) is 6.10 Å². The fourth-order valence-electron chi connectivity index (χ4n) is 1.72. The van der Waals surface area contributed by atoms with Gasteiger partial charge >= 0.3 is 0 Å². The first-order valence-corrected chi connectivity index (χ1v) is 7.37. The van der Waals surface area contributed by atoms with Crippen LogP contribution in [0.3, 0.4) is 0 Å². The van der Waals surface area contributed by atoms with Crippen molar-refractivity contribution < 1.29 is 13.9 Å². The molecule has 1 aromatic rings. The number of nitrogens with one attached hydrogen (secondary N) is 1. The van der Waals surface area contributed by atoms with Crippen LogP contribution in [0.4, 0.5) is 4.39 Å². The summed E-state index contributed by atoms with van der Waals surface area (Å²) < 4.78 is 18.4. The molecule has 0 aliphatic heterocycles. The number of ether oxygens (including phenoxy) is 1. The van der Waals surface area contributed by atoms with Crippen LogP contribution in [-0.2, 0) is 4.79 Å². The molecule has 0 fully saturated rings. The number of benzene rings is 1. The number of carbonyl (C=O) groups is 1. The summed E-state index contributed by atoms with van der Waals surface area (Å²) in [5, 5.41) is 2.90. The number of hydrogen-bond acceptors (Lipinski definition) is 3. The Morgan fingerprint density at radius 2 is 2.05 bits per heavy atom. The summed E-state index contributed by atoms with van der Waals surface area (Å²) in [4.78, 5) is 12.0. The first kappa shape index (κ1) is 21.0. The molecule has 0 saturated carbocycles. The molecular weight excluding hydrogens is 330 g/mol. The van der Waals surface area contributed by atoms with Crippen molar-refractivity contribution in [2.24, 2.45) is 5.73 Å². The minimum Gasteiger partial charge on any atom is -0.479 e. The smallest absolute Gasteiger partial charge is 0.260 e. The lowest BCUT2D eigenvalue weighted by atomic mass is 9.94. The Balaban J connectivity index is 0.00000441. The molecule has 1 amide bonds. The number of hydrogen-bond donors (Lipinski definition) is 2. The number of carbonyl (C=O) groups excluding carboxylic acids is 1. The number of nitrogens with two attached hydrogens (primary N) is 1. The van der Waals surface area contributed by atoms with Crippen LogP contribution >= 0.6 is 24.0 Å². The predicted molar refractivity (Wildman–Crippen MR) is 89.3 cm³/mol. The van der Waals surface area contributed by atoms with Crippen molar-refractivity contribution >= 4 is 29.9 Å². The standard InChI is InChI=1S/C15H22ClFN2O2.ClH/c1-4-15(18,5-2)9-19-14(20)10(3)21-13-7-6-11(17)8-12(13)16;/h6-8,10H,4-5,9,18H2,1-3H3,(H,19,20);1H. The molecular formula is C15H23Cl2FN2O2. The third kappa shape index (κ3) is 5.99. The van der Waals surface area contributed by atoms with E-state index in [1.54, 1.807) is 6.92 Å². The Kier molecular flexibility index (Phi) is 8.74. The van der Waals surface area contributed by atoms with Crippen LogP contribution in [0.2, 0.25) is 5.02 Å². The zero-order valence-corrected chi connectivity index (χ0v) is 14.6. The fourth-order valence-corrected chi connectivity index (χ4v) is 1.93. The molecule has 0 aliphatic rings. The molecule has 1 rings (SSSR count). The maximum Gasteiger partial charge on any atom is 0.260 e. The van der Waals surface area contributed by atoms with Gasteiger partial charge in [-0.1, -0.05) is 25.4 Å². The van der Waals surface area contributed by atoms with Crippen LogP contribution in [-0.4, -0.2) is 24.1 Å². The lowest BCUT2D eigenvalue weighted by Gasteiger charge is -2.27. The number of amides is 1. The van der Waals surface area contributed by atoms with E-state index in [1.807, 2.05) is 13.8 Å². The van der Waals surface area contributed by atoms with Gasteiger partial charge in [0.2, 0.25) is 0 Å². The molecule has 0 heterocycles. The van der Waals surface area contributed by atoms with Gasteiger partial charge in [0.25, 0.3) is 5.91 Å². The molecule has 1 unspecified atom stereocenters. The van der Waals surface area contributed by atoms with Gasteiger partial charge in [-0.05, 0) is 38.0 Å². The first-order valence-electron chi connectivity index (χ1n) is 6.99. The lowest BCUT2D eigenvalue weighted by Crippen LogP contribution is -2.51. The zero-order valence-electron chi connectivity index (χ0n) is 13.0. The Hall–Kier alpha value is -1.04. The van der Waals surface area contributed by atoms with E-state index >= 15 is 0 Å². The summed E-state index contributed by atoms with van der Waals surface area (Å²) in [6.45, 7) is 5.94. The highest BCUT2D eigenvalue weighted by atomic mass is 35.5. The molecule has 0 spiro atoms. The van der Waals surface area contributed by atoms with Crippen LogP contribution < -0.4 is 15.8 Å². The maximum absolute atomic E-state index is 12.9. The summed E-state index contributed by atoms with van der Waals surface area (Å²) >= 11 is 5.86. The summed E-state index contributed by atoms with van der Waals surface area (Å²) in [6.07, 6.45) is 0.789. The molecule has 7 heteroatoms. The quantitative estimate of drug-likeness (QED) is 0.791. The SMILES string of the molecule is CCC(N)(CC)CNC(=O)C(C)Oc1ccc(F)cc1Cl.Cl. The molecule has 0 saturated heterocycles. The van der Waals surface area contributed by atoms with Crippen molar-refractivity contribution in [1.82, 2.24) is 5.32 Å². The summed E-state index contributed by atoms with van der Waals surface area (Å²) in [5.74, 6) is -0.471. The van der Waals surface area contributed by atoms with Gasteiger partial charge in [0.1, 0.15) is 11.6 Å². The van der Waals surface area contributed by atoms with Gasteiger partial charge in [-0.3, -0.25) is 4.79 Å². The van der Waals surface area contributed by atoms with Gasteiger partial charge in [-0.2, -0.15) is 0 Å². The summed E-state index contributed by atoms with van der Waals surface area (Å²) in [6, 6.07) is 3.76. The third-order valence-electron chi connectivity index (χ3n) is 3.59. The monoisotopic (exact) mass is 352 g/mol. The highest BCUT2D eigenvalue weighted by Crippen LogP contribution is 2.25. The molecule has 0 bridgehead atoms. The van der Waals surface area contributed by atoms with E-state index in [0.29, 0.717) is 6.54 Å². The number of halogens is 3. The lowest BCUT2D eigenvalue weighted by molar-refractivity contribution is -0.127. The van der Waals surface area contributed by atoms with E-state index in [2.05, 4.69) is 5.32 Å². The largest absolute Gasteiger partial charge is 0.479 e. The van der Waals surface area contributed by atoms with E-state index in [-0.39, 0.29) is 29.1 Å². The average molecular weight is 353 g/mol. The zero-order chi connectivity index (χ0) is 16.0. The molecule has 3 N–H and O–H groups in total. The topological polar surface area (TPSA) is 64.3 Å². The van der Waals surface area contributed by atoms with Crippen LogP contribution in [0.5, 0.6) is 5.75 Å². The van der Waals surface area contributed by atoms with Crippen molar-refractivity contribution in [1.29, 1.82) is 0 Å². The van der Waals surface area contributed by atoms with Crippen molar-refractivity contribution in [2.45, 2.75) is 45.3 Å². The molecule has 1 atom stereocenters. The molecule has 1 aromatic carbocycles. The summed E-state index contributed by atoms with van der Waals surface area (Å²) in [5.41, 5.74) is 5.71. The highest BCUT2D eigenvalue weighted by molar-refractivity contribution is 6.32. The maximum atomic E-state index is 12.9. The van der Waals surface area contributed by atoms with Crippen molar-refractivity contribution in [2.75, 3.05) is 6.54 Å². The predicted octanol–water partition coefficient (Wildman–Crippen LogP) is 3.30. The van der Waals surface area contributed by atoms with E-state index in [4.69, 9.17) is 22.1 Å². The van der Waals surface area contributed by atoms with Crippen molar-refractivity contribution in [3.63, 3.8) is 0 Å². The molecule has 0 aliphatic carbocycles. The summed E-state index contributed by atoms with van der Waals surface area (Å²) in [7, 11) is 0. The van der Waals surface area contributed by atoms with Gasteiger partial charge in [0, 0.05) is 12.1 Å². The second-order valence-electron chi connectivity index (χ2n) is 5.12. The van der Waals surface area contributed by atoms with Crippen LogP contribution in [0.25, 0.3) is 0 Å². The fraction of sp³-hybridized carbons (Fsp3) is 0.533. The van der Waals surface area contributed by atoms with Crippen LogP contribution in [0.15, 0.2) is 18.2 Å². The van der Waals surface area contributed by atoms with Gasteiger partial charge in [-0.15, -0.1) is 12.4 Å². The van der Waals surface area contributed by atoms with Crippen LogP contribution in [0.1, 0.15) is 33.6 Å². The Labute approximate surface area is 142 Å². The highest BCUT2D eigenvalue weighted by Gasteiger charge is 2.23. The number of rotatable bonds is 7. The molecule has 126 valence electrons. The molecule has 0 aromatic heterocycles. The van der Waals surface area contributed by atoms with Crippen molar-refractivity contribution in [3.8, 4) is 5.75 Å². The molecule has 0 radical (unpaired) electrons. The molecule has 22 heavy (non-hydrogen) atoms. The Bertz CT molecular complexity index is 496. The van der Waals surface area contributed by atoms with Crippen LogP contribution in [0, 0.1) is 5.82 Å². The Morgan fingerprint density at radius 1 is 1.45 bits per heavy atom. The second-order valence-corrected chi connectivity index (χ2v) is 5.53. The van der Waals surface area contributed by atoms with Crippen molar-refractivity contribution in [3.05, 3.63) is 29.0 Å². The van der Waals surface area contributed by atoms with E-state index in [0.717, 1.165) is 18.9 Å². The van der Waals surface area contributed by atoms with Gasteiger partial charge < -0.3 is 15.8 Å².